The number of carbonyl (C=O) groups excluding carboxylic acids is 1. The van der Waals surface area contributed by atoms with Gasteiger partial charge in [0.15, 0.2) is 5.82 Å². The minimum absolute atomic E-state index is 0.0950. The summed E-state index contributed by atoms with van der Waals surface area (Å²) in [5.74, 6) is 0.147. The Morgan fingerprint density at radius 2 is 2.43 bits per heavy atom. The Balaban J connectivity index is 1.82. The molecule has 0 aromatic carbocycles. The Hall–Kier alpha value is -2.15. The second-order valence-corrected chi connectivity index (χ2v) is 5.58. The molecule has 3 rings (SSSR count). The summed E-state index contributed by atoms with van der Waals surface area (Å²) in [6, 6.07) is 3.83. The molecule has 0 bridgehead atoms. The van der Waals surface area contributed by atoms with Gasteiger partial charge < -0.3 is 15.2 Å². The zero-order chi connectivity index (χ0) is 15.0. The van der Waals surface area contributed by atoms with Crippen molar-refractivity contribution in [3.8, 4) is 0 Å². The summed E-state index contributed by atoms with van der Waals surface area (Å²) in [5.41, 5.74) is 7.08. The lowest BCUT2D eigenvalue weighted by Gasteiger charge is -2.24. The van der Waals surface area contributed by atoms with Gasteiger partial charge in [0.2, 0.25) is 0 Å². The molecule has 2 aromatic heterocycles. The maximum Gasteiger partial charge on any atom is 0.302 e. The number of aromatic nitrogens is 3. The highest BCUT2D eigenvalue weighted by Gasteiger charge is 2.39. The fourth-order valence-corrected chi connectivity index (χ4v) is 2.68. The van der Waals surface area contributed by atoms with Gasteiger partial charge in [-0.3, -0.25) is 4.79 Å². The van der Waals surface area contributed by atoms with Crippen LogP contribution >= 0.6 is 0 Å². The SMILES string of the molecule is CC(=O)OC[C@]1(C)CCC(c2ccc3c(N)ncnn23)O1. The van der Waals surface area contributed by atoms with Crippen molar-refractivity contribution in [3.63, 3.8) is 0 Å². The number of esters is 1. The van der Waals surface area contributed by atoms with Crippen molar-refractivity contribution in [2.75, 3.05) is 12.3 Å². The van der Waals surface area contributed by atoms with Gasteiger partial charge in [0, 0.05) is 6.92 Å². The van der Waals surface area contributed by atoms with Gasteiger partial charge in [-0.25, -0.2) is 9.50 Å². The average molecular weight is 290 g/mol. The van der Waals surface area contributed by atoms with E-state index in [1.165, 1.54) is 13.3 Å². The third-order valence-electron chi connectivity index (χ3n) is 3.78. The van der Waals surface area contributed by atoms with Crippen LogP contribution in [0.4, 0.5) is 5.82 Å². The van der Waals surface area contributed by atoms with Gasteiger partial charge in [0.1, 0.15) is 30.2 Å². The Kier molecular flexibility index (Phi) is 3.29. The normalized spacial score (nSPS) is 25.3. The van der Waals surface area contributed by atoms with Gasteiger partial charge in [0.25, 0.3) is 0 Å². The monoisotopic (exact) mass is 290 g/mol. The van der Waals surface area contributed by atoms with E-state index in [1.807, 2.05) is 19.1 Å². The van der Waals surface area contributed by atoms with Gasteiger partial charge in [-0.2, -0.15) is 5.10 Å². The van der Waals surface area contributed by atoms with Crippen molar-refractivity contribution in [3.05, 3.63) is 24.2 Å². The summed E-state index contributed by atoms with van der Waals surface area (Å²) in [6.07, 6.45) is 2.99. The first-order chi connectivity index (χ1) is 9.98. The second-order valence-electron chi connectivity index (χ2n) is 5.58. The highest BCUT2D eigenvalue weighted by atomic mass is 16.6. The molecule has 0 aliphatic carbocycles. The number of nitrogens with zero attached hydrogens (tertiary/aromatic N) is 3. The zero-order valence-electron chi connectivity index (χ0n) is 12.1. The van der Waals surface area contributed by atoms with Gasteiger partial charge in [-0.15, -0.1) is 0 Å². The van der Waals surface area contributed by atoms with Gasteiger partial charge >= 0.3 is 5.97 Å². The van der Waals surface area contributed by atoms with E-state index in [1.54, 1.807) is 4.52 Å². The Bertz CT molecular complexity index is 684. The van der Waals surface area contributed by atoms with E-state index < -0.39 is 5.60 Å². The van der Waals surface area contributed by atoms with Crippen LogP contribution < -0.4 is 5.73 Å². The largest absolute Gasteiger partial charge is 0.463 e. The summed E-state index contributed by atoms with van der Waals surface area (Å²) in [7, 11) is 0. The van der Waals surface area contributed by atoms with E-state index in [0.29, 0.717) is 5.82 Å². The molecule has 7 heteroatoms. The van der Waals surface area contributed by atoms with Crippen molar-refractivity contribution >= 4 is 17.3 Å². The third kappa shape index (κ3) is 2.56. The average Bonchev–Trinajstić information content (AvgIpc) is 3.02. The summed E-state index contributed by atoms with van der Waals surface area (Å²) >= 11 is 0. The molecule has 1 aliphatic rings. The number of nitrogen functional groups attached to an aromatic ring is 1. The molecular weight excluding hydrogens is 272 g/mol. The molecule has 2 aromatic rings. The molecule has 3 heterocycles. The molecule has 0 amide bonds. The third-order valence-corrected chi connectivity index (χ3v) is 3.78. The van der Waals surface area contributed by atoms with Crippen LogP contribution in [-0.4, -0.2) is 32.8 Å². The first-order valence-electron chi connectivity index (χ1n) is 6.88. The predicted octanol–water partition coefficient (Wildman–Crippen LogP) is 1.48. The smallest absolute Gasteiger partial charge is 0.302 e. The van der Waals surface area contributed by atoms with E-state index in [0.717, 1.165) is 24.1 Å². The van der Waals surface area contributed by atoms with E-state index in [-0.39, 0.29) is 18.7 Å². The molecule has 2 atom stereocenters. The highest BCUT2D eigenvalue weighted by molar-refractivity contribution is 5.66. The van der Waals surface area contributed by atoms with Crippen LogP contribution in [0.2, 0.25) is 0 Å². The van der Waals surface area contributed by atoms with Crippen molar-refractivity contribution < 1.29 is 14.3 Å². The number of hydrogen-bond donors (Lipinski definition) is 1. The molecule has 21 heavy (non-hydrogen) atoms. The van der Waals surface area contributed by atoms with E-state index >= 15 is 0 Å². The fourth-order valence-electron chi connectivity index (χ4n) is 2.68. The summed E-state index contributed by atoms with van der Waals surface area (Å²) in [4.78, 5) is 14.9. The standard InChI is InChI=1S/C14H18N4O3/c1-9(19)20-7-14(2)6-5-12(21-14)10-3-4-11-13(15)16-8-17-18(10)11/h3-4,8,12H,5-7H2,1-2H3,(H2,15,16,17)/t12?,14-/m0/s1. The number of fused-ring (bicyclic) bond motifs is 1. The summed E-state index contributed by atoms with van der Waals surface area (Å²) in [6.45, 7) is 3.62. The van der Waals surface area contributed by atoms with E-state index in [9.17, 15) is 4.79 Å². The number of ether oxygens (including phenoxy) is 2. The molecule has 0 radical (unpaired) electrons. The first-order valence-corrected chi connectivity index (χ1v) is 6.88. The van der Waals surface area contributed by atoms with Crippen LogP contribution in [-0.2, 0) is 14.3 Å². The molecule has 0 saturated carbocycles. The predicted molar refractivity (Wildman–Crippen MR) is 75.5 cm³/mol. The zero-order valence-corrected chi connectivity index (χ0v) is 12.1. The highest BCUT2D eigenvalue weighted by Crippen LogP contribution is 2.40. The van der Waals surface area contributed by atoms with Gasteiger partial charge in [-0.05, 0) is 31.9 Å². The van der Waals surface area contributed by atoms with Gasteiger partial charge in [-0.1, -0.05) is 0 Å². The van der Waals surface area contributed by atoms with Crippen molar-refractivity contribution in [2.45, 2.75) is 38.4 Å². The maximum atomic E-state index is 11.0. The molecule has 1 saturated heterocycles. The minimum atomic E-state index is -0.459. The van der Waals surface area contributed by atoms with Crippen molar-refractivity contribution in [1.82, 2.24) is 14.6 Å². The molecule has 1 unspecified atom stereocenters. The number of anilines is 1. The Morgan fingerprint density at radius 3 is 3.19 bits per heavy atom. The molecule has 1 fully saturated rings. The number of hydrogen-bond acceptors (Lipinski definition) is 6. The lowest BCUT2D eigenvalue weighted by molar-refractivity contribution is -0.151. The lowest BCUT2D eigenvalue weighted by atomic mass is 10.0. The lowest BCUT2D eigenvalue weighted by Crippen LogP contribution is -2.31. The van der Waals surface area contributed by atoms with Crippen LogP contribution in [0.15, 0.2) is 18.5 Å². The van der Waals surface area contributed by atoms with Gasteiger partial charge in [0.05, 0.1) is 5.69 Å². The summed E-state index contributed by atoms with van der Waals surface area (Å²) in [5, 5.41) is 4.23. The van der Waals surface area contributed by atoms with Crippen LogP contribution in [0, 0.1) is 0 Å². The molecule has 0 spiro atoms. The van der Waals surface area contributed by atoms with Crippen LogP contribution in [0.1, 0.15) is 38.5 Å². The first kappa shape index (κ1) is 13.8. The van der Waals surface area contributed by atoms with E-state index in [4.69, 9.17) is 15.2 Å². The molecular formula is C14H18N4O3. The quantitative estimate of drug-likeness (QED) is 0.861. The topological polar surface area (TPSA) is 91.7 Å². The Morgan fingerprint density at radius 1 is 1.62 bits per heavy atom. The molecule has 2 N–H and O–H groups in total. The van der Waals surface area contributed by atoms with E-state index in [2.05, 4.69) is 10.1 Å². The fraction of sp³-hybridized carbons (Fsp3) is 0.500. The Labute approximate surface area is 122 Å². The molecule has 7 nitrogen and oxygen atoms in total. The van der Waals surface area contributed by atoms with Crippen LogP contribution in [0.3, 0.4) is 0 Å². The maximum absolute atomic E-state index is 11.0. The summed E-state index contributed by atoms with van der Waals surface area (Å²) < 4.78 is 12.9. The van der Waals surface area contributed by atoms with Crippen molar-refractivity contribution in [1.29, 1.82) is 0 Å². The van der Waals surface area contributed by atoms with Crippen molar-refractivity contribution in [2.24, 2.45) is 0 Å². The van der Waals surface area contributed by atoms with Crippen LogP contribution in [0.5, 0.6) is 0 Å². The van der Waals surface area contributed by atoms with Crippen LogP contribution in [0.25, 0.3) is 5.52 Å². The number of carbonyl (C=O) groups is 1. The number of nitrogens with two attached hydrogens (primary N) is 1. The minimum Gasteiger partial charge on any atom is -0.463 e. The second kappa shape index (κ2) is 5.00. The number of rotatable bonds is 3. The molecule has 1 aliphatic heterocycles. The molecule has 112 valence electrons.